The van der Waals surface area contributed by atoms with Crippen LogP contribution in [0.1, 0.15) is 70.6 Å². The van der Waals surface area contributed by atoms with Crippen molar-refractivity contribution in [1.29, 1.82) is 0 Å². The number of rotatable bonds is 14. The van der Waals surface area contributed by atoms with Gasteiger partial charge in [0, 0.05) is 13.0 Å². The Labute approximate surface area is 154 Å². The standard InChI is InChI=1S/C19H34O5S/c20-14-10-6-2-1-3-7-11-16-17(21)15-25(24)18(16)12-8-4-5-9-13-19(22)23/h7,11,16-18,20-21H,1-6,8-10,12-15H2,(H,22,23)/t16-,17-,18-,25?/m0/s1. The van der Waals surface area contributed by atoms with E-state index in [1.807, 2.05) is 0 Å². The number of aliphatic hydroxyl groups is 2. The van der Waals surface area contributed by atoms with Crippen molar-refractivity contribution in [2.24, 2.45) is 5.92 Å². The number of carboxylic acid groups (broad SMARTS) is 1. The number of hydrogen-bond donors (Lipinski definition) is 3. The van der Waals surface area contributed by atoms with E-state index >= 15 is 0 Å². The van der Waals surface area contributed by atoms with Gasteiger partial charge in [-0.05, 0) is 49.7 Å². The molecule has 0 radical (unpaired) electrons. The third-order valence-corrected chi connectivity index (χ3v) is 6.71. The maximum Gasteiger partial charge on any atom is 0.303 e. The quantitative estimate of drug-likeness (QED) is 0.246. The molecule has 0 amide bonds. The number of aliphatic hydroxyl groups excluding tert-OH is 2. The predicted molar refractivity (Wildman–Crippen MR) is 101 cm³/mol. The molecule has 1 aliphatic rings. The van der Waals surface area contributed by atoms with E-state index in [4.69, 9.17) is 10.2 Å². The van der Waals surface area contributed by atoms with Gasteiger partial charge in [-0.2, -0.15) is 0 Å². The lowest BCUT2D eigenvalue weighted by Gasteiger charge is -2.18. The summed E-state index contributed by atoms with van der Waals surface area (Å²) in [7, 11) is 0. The highest BCUT2D eigenvalue weighted by Crippen LogP contribution is 2.32. The minimum absolute atomic E-state index is 0.0164. The van der Waals surface area contributed by atoms with Crippen molar-refractivity contribution in [1.82, 2.24) is 0 Å². The van der Waals surface area contributed by atoms with Crippen LogP contribution in [0.3, 0.4) is 0 Å². The Morgan fingerprint density at radius 2 is 1.76 bits per heavy atom. The maximum atomic E-state index is 12.2. The highest BCUT2D eigenvalue weighted by atomic mass is 32.2. The molecule has 1 saturated heterocycles. The SMILES string of the molecule is O=C(O)CCCCCC[C@H]1[C@@H](C=CCCCCCCO)[C@@H](O)C[S+]1[O-]. The molecule has 1 aliphatic heterocycles. The maximum absolute atomic E-state index is 12.2. The highest BCUT2D eigenvalue weighted by molar-refractivity contribution is 7.92. The Balaban J connectivity index is 2.26. The first kappa shape index (κ1) is 22.5. The Morgan fingerprint density at radius 1 is 1.08 bits per heavy atom. The van der Waals surface area contributed by atoms with Crippen LogP contribution in [0.25, 0.3) is 0 Å². The average Bonchev–Trinajstić information content (AvgIpc) is 2.83. The lowest BCUT2D eigenvalue weighted by molar-refractivity contribution is -0.137. The van der Waals surface area contributed by atoms with Gasteiger partial charge in [-0.25, -0.2) is 0 Å². The van der Waals surface area contributed by atoms with E-state index in [1.165, 1.54) is 0 Å². The number of allylic oxidation sites excluding steroid dienone is 1. The van der Waals surface area contributed by atoms with Crippen LogP contribution < -0.4 is 0 Å². The molecular weight excluding hydrogens is 340 g/mol. The van der Waals surface area contributed by atoms with Crippen molar-refractivity contribution in [3.05, 3.63) is 12.2 Å². The molecule has 0 aromatic rings. The van der Waals surface area contributed by atoms with E-state index in [2.05, 4.69) is 12.2 Å². The first-order valence-corrected chi connectivity index (χ1v) is 11.0. The van der Waals surface area contributed by atoms with E-state index in [0.717, 1.165) is 57.8 Å². The van der Waals surface area contributed by atoms with Gasteiger partial charge in [0.15, 0.2) is 0 Å². The number of carbonyl (C=O) groups is 1. The van der Waals surface area contributed by atoms with E-state index in [1.54, 1.807) is 0 Å². The van der Waals surface area contributed by atoms with E-state index in [-0.39, 0.29) is 24.2 Å². The smallest absolute Gasteiger partial charge is 0.303 e. The van der Waals surface area contributed by atoms with E-state index < -0.39 is 23.2 Å². The van der Waals surface area contributed by atoms with E-state index in [9.17, 15) is 14.5 Å². The van der Waals surface area contributed by atoms with Crippen molar-refractivity contribution in [3.8, 4) is 0 Å². The van der Waals surface area contributed by atoms with Gasteiger partial charge in [0.25, 0.3) is 0 Å². The van der Waals surface area contributed by atoms with Crippen molar-refractivity contribution < 1.29 is 24.7 Å². The molecule has 3 N–H and O–H groups in total. The Kier molecular flexibility index (Phi) is 12.2. The van der Waals surface area contributed by atoms with Crippen LogP contribution in [0.2, 0.25) is 0 Å². The molecule has 0 bridgehead atoms. The highest BCUT2D eigenvalue weighted by Gasteiger charge is 2.43. The average molecular weight is 375 g/mol. The fraction of sp³-hybridized carbons (Fsp3) is 0.842. The van der Waals surface area contributed by atoms with Gasteiger partial charge in [0.1, 0.15) is 17.1 Å². The van der Waals surface area contributed by atoms with Gasteiger partial charge in [-0.3, -0.25) is 4.79 Å². The van der Waals surface area contributed by atoms with Crippen LogP contribution in [-0.4, -0.2) is 49.6 Å². The van der Waals surface area contributed by atoms with Crippen LogP contribution in [0.4, 0.5) is 0 Å². The summed E-state index contributed by atoms with van der Waals surface area (Å²) in [5.74, 6) is -0.395. The normalized spacial score (nSPS) is 26.5. The summed E-state index contributed by atoms with van der Waals surface area (Å²) in [5, 5.41) is 27.6. The monoisotopic (exact) mass is 374 g/mol. The second-order valence-electron chi connectivity index (χ2n) is 6.93. The van der Waals surface area contributed by atoms with Crippen molar-refractivity contribution >= 4 is 17.1 Å². The summed E-state index contributed by atoms with van der Waals surface area (Å²) in [6.07, 6.45) is 13.2. The molecule has 1 heterocycles. The number of aliphatic carboxylic acids is 1. The largest absolute Gasteiger partial charge is 0.616 e. The summed E-state index contributed by atoms with van der Waals surface area (Å²) >= 11 is -0.970. The molecule has 0 aliphatic carbocycles. The molecule has 146 valence electrons. The minimum Gasteiger partial charge on any atom is -0.616 e. The zero-order valence-electron chi connectivity index (χ0n) is 15.1. The third kappa shape index (κ3) is 9.64. The number of unbranched alkanes of at least 4 members (excludes halogenated alkanes) is 7. The van der Waals surface area contributed by atoms with Crippen LogP contribution in [0, 0.1) is 5.92 Å². The van der Waals surface area contributed by atoms with Gasteiger partial charge < -0.3 is 19.9 Å². The first-order valence-electron chi connectivity index (χ1n) is 9.60. The molecular formula is C19H34O5S. The molecule has 0 saturated carbocycles. The van der Waals surface area contributed by atoms with Gasteiger partial charge >= 0.3 is 5.97 Å². The molecule has 25 heavy (non-hydrogen) atoms. The third-order valence-electron chi connectivity index (χ3n) is 4.81. The van der Waals surface area contributed by atoms with Crippen LogP contribution in [0.15, 0.2) is 12.2 Å². The molecule has 5 nitrogen and oxygen atoms in total. The van der Waals surface area contributed by atoms with Crippen molar-refractivity contribution in [3.63, 3.8) is 0 Å². The molecule has 4 atom stereocenters. The molecule has 6 heteroatoms. The lowest BCUT2D eigenvalue weighted by Crippen LogP contribution is -2.24. The molecule has 0 spiro atoms. The summed E-state index contributed by atoms with van der Waals surface area (Å²) in [6.45, 7) is 0.258. The van der Waals surface area contributed by atoms with Crippen LogP contribution in [0.5, 0.6) is 0 Å². The Morgan fingerprint density at radius 3 is 2.48 bits per heavy atom. The van der Waals surface area contributed by atoms with Crippen LogP contribution >= 0.6 is 0 Å². The molecule has 1 unspecified atom stereocenters. The molecule has 0 aromatic carbocycles. The lowest BCUT2D eigenvalue weighted by atomic mass is 9.94. The first-order chi connectivity index (χ1) is 12.1. The summed E-state index contributed by atoms with van der Waals surface area (Å²) in [4.78, 5) is 10.5. The summed E-state index contributed by atoms with van der Waals surface area (Å²) in [5.41, 5.74) is 0. The summed E-state index contributed by atoms with van der Waals surface area (Å²) < 4.78 is 12.2. The van der Waals surface area contributed by atoms with Crippen molar-refractivity contribution in [2.75, 3.05) is 12.4 Å². The van der Waals surface area contributed by atoms with E-state index in [0.29, 0.717) is 12.2 Å². The van der Waals surface area contributed by atoms with Gasteiger partial charge in [0.05, 0.1) is 5.92 Å². The van der Waals surface area contributed by atoms with Gasteiger partial charge in [-0.1, -0.05) is 37.8 Å². The Hall–Kier alpha value is -0.560. The Bertz CT molecular complexity index is 388. The topological polar surface area (TPSA) is 101 Å². The molecule has 1 fully saturated rings. The van der Waals surface area contributed by atoms with Gasteiger partial charge in [-0.15, -0.1) is 0 Å². The molecule has 1 rings (SSSR count). The predicted octanol–water partition coefficient (Wildman–Crippen LogP) is 3.02. The zero-order chi connectivity index (χ0) is 18.5. The van der Waals surface area contributed by atoms with Crippen molar-refractivity contribution in [2.45, 2.75) is 82.0 Å². The number of carboxylic acids is 1. The fourth-order valence-electron chi connectivity index (χ4n) is 3.36. The fourth-order valence-corrected chi connectivity index (χ4v) is 5.22. The minimum atomic E-state index is -0.970. The van der Waals surface area contributed by atoms with Crippen LogP contribution in [-0.2, 0) is 16.0 Å². The molecule has 0 aromatic heterocycles. The second kappa shape index (κ2) is 13.6. The summed E-state index contributed by atoms with van der Waals surface area (Å²) in [6, 6.07) is 0. The number of hydrogen-bond acceptors (Lipinski definition) is 4. The van der Waals surface area contributed by atoms with Gasteiger partial charge in [0.2, 0.25) is 0 Å². The zero-order valence-corrected chi connectivity index (χ0v) is 16.0. The second-order valence-corrected chi connectivity index (χ2v) is 8.63.